The van der Waals surface area contributed by atoms with Crippen LogP contribution in [0.4, 0.5) is 0 Å². The lowest BCUT2D eigenvalue weighted by atomic mass is 10.0. The third kappa shape index (κ3) is 3.13. The molecule has 2 atom stereocenters. The van der Waals surface area contributed by atoms with E-state index in [1.165, 1.54) is 28.4 Å². The molecule has 2 aromatic heterocycles. The third-order valence-electron chi connectivity index (χ3n) is 4.49. The molecule has 140 valence electrons. The van der Waals surface area contributed by atoms with Gasteiger partial charge in [-0.25, -0.2) is 4.57 Å². The van der Waals surface area contributed by atoms with E-state index in [4.69, 9.17) is 5.73 Å². The molecule has 1 saturated heterocycles. The number of β-lactam (4-membered cyclic amide) rings is 1. The number of carboxylic acids is 1. The van der Waals surface area contributed by atoms with E-state index in [-0.39, 0.29) is 17.0 Å². The highest BCUT2D eigenvalue weighted by Crippen LogP contribution is 2.39. The first-order valence-electron chi connectivity index (χ1n) is 8.25. The van der Waals surface area contributed by atoms with Crippen LogP contribution in [0.3, 0.4) is 0 Å². The van der Waals surface area contributed by atoms with E-state index in [9.17, 15) is 14.7 Å². The third-order valence-corrected chi connectivity index (χ3v) is 6.68. The molecular weight excluding hydrogens is 386 g/mol. The largest absolute Gasteiger partial charge is 0.543 e. The lowest BCUT2D eigenvalue weighted by Gasteiger charge is -2.49. The molecule has 0 unspecified atom stereocenters. The highest BCUT2D eigenvalue weighted by Gasteiger charge is 2.49. The maximum absolute atomic E-state index is 11.9. The smallest absolute Gasteiger partial charge is 0.306 e. The van der Waals surface area contributed by atoms with Gasteiger partial charge in [-0.1, -0.05) is 29.0 Å². The molecule has 2 aromatic rings. The van der Waals surface area contributed by atoms with E-state index in [0.717, 1.165) is 10.7 Å². The molecule has 8 nitrogen and oxygen atoms in total. The van der Waals surface area contributed by atoms with Gasteiger partial charge in [-0.2, -0.15) is 0 Å². The summed E-state index contributed by atoms with van der Waals surface area (Å²) in [6.07, 6.45) is 7.43. The molecule has 0 spiro atoms. The van der Waals surface area contributed by atoms with Crippen LogP contribution in [0.15, 0.2) is 53.0 Å². The molecule has 0 aromatic carbocycles. The van der Waals surface area contributed by atoms with Crippen molar-refractivity contribution >= 4 is 41.0 Å². The number of amides is 1. The number of hydrogen-bond acceptors (Lipinski definition) is 7. The minimum absolute atomic E-state index is 0.0638. The molecule has 10 heteroatoms. The second-order valence-corrected chi connectivity index (χ2v) is 8.34. The quantitative estimate of drug-likeness (QED) is 0.390. The fourth-order valence-electron chi connectivity index (χ4n) is 3.10. The van der Waals surface area contributed by atoms with Crippen molar-refractivity contribution in [3.05, 3.63) is 47.9 Å². The number of fused-ring (bicyclic) bond motifs is 2. The van der Waals surface area contributed by atoms with Crippen molar-refractivity contribution in [2.75, 3.05) is 11.5 Å². The van der Waals surface area contributed by atoms with Crippen LogP contribution in [-0.4, -0.2) is 49.3 Å². The van der Waals surface area contributed by atoms with Gasteiger partial charge in [0.05, 0.1) is 18.7 Å². The Kier molecular flexibility index (Phi) is 4.70. The van der Waals surface area contributed by atoms with Gasteiger partial charge in [0.2, 0.25) is 5.91 Å². The van der Waals surface area contributed by atoms with Crippen molar-refractivity contribution in [1.82, 2.24) is 14.5 Å². The number of aromatic nitrogens is 3. The zero-order valence-corrected chi connectivity index (χ0v) is 16.1. The number of aryl methyl sites for hydroxylation is 1. The van der Waals surface area contributed by atoms with Crippen LogP contribution in [0.1, 0.15) is 0 Å². The minimum atomic E-state index is -1.35. The number of carbonyl (C=O) groups excluding carboxylic acids is 2. The fraction of sp³-hybridized carbons (Fsp3) is 0.294. The number of allylic oxidation sites excluding steroid dienone is 1. The highest BCUT2D eigenvalue weighted by molar-refractivity contribution is 8.00. The van der Waals surface area contributed by atoms with Gasteiger partial charge in [-0.3, -0.25) is 9.69 Å². The summed E-state index contributed by atoms with van der Waals surface area (Å²) in [5.74, 6) is -0.613. The monoisotopic (exact) mass is 403 g/mol. The van der Waals surface area contributed by atoms with Gasteiger partial charge in [0, 0.05) is 17.6 Å². The Morgan fingerprint density at radius 1 is 1.56 bits per heavy atom. The Balaban J connectivity index is 1.46. The van der Waals surface area contributed by atoms with E-state index in [2.05, 4.69) is 5.10 Å². The molecule has 2 N–H and O–H groups in total. The maximum Gasteiger partial charge on any atom is 0.306 e. The normalized spacial score (nSPS) is 22.4. The van der Waals surface area contributed by atoms with Crippen LogP contribution in [0.2, 0.25) is 0 Å². The maximum atomic E-state index is 11.9. The summed E-state index contributed by atoms with van der Waals surface area (Å²) in [5, 5.41) is 16.6. The van der Waals surface area contributed by atoms with Crippen molar-refractivity contribution < 1.29 is 19.3 Å². The van der Waals surface area contributed by atoms with Crippen LogP contribution in [0.5, 0.6) is 0 Å². The second kappa shape index (κ2) is 7.02. The molecule has 2 aliphatic heterocycles. The van der Waals surface area contributed by atoms with Crippen molar-refractivity contribution in [3.63, 3.8) is 0 Å². The lowest BCUT2D eigenvalue weighted by Crippen LogP contribution is -2.69. The average Bonchev–Trinajstić information content (AvgIpc) is 3.04. The number of imidazole rings is 1. The molecule has 2 aliphatic rings. The number of nitrogens with two attached hydrogens (primary N) is 1. The van der Waals surface area contributed by atoms with Crippen LogP contribution in [0, 0.1) is 0 Å². The molecule has 0 saturated carbocycles. The second-order valence-electron chi connectivity index (χ2n) is 6.19. The summed E-state index contributed by atoms with van der Waals surface area (Å²) in [4.78, 5) is 24.7. The topological polar surface area (TPSA) is 108 Å². The molecule has 4 heterocycles. The predicted octanol–water partition coefficient (Wildman–Crippen LogP) is -0.946. The van der Waals surface area contributed by atoms with Crippen molar-refractivity contribution in [2.45, 2.75) is 16.4 Å². The van der Waals surface area contributed by atoms with Gasteiger partial charge in [0.1, 0.15) is 22.6 Å². The van der Waals surface area contributed by atoms with Crippen LogP contribution in [0.25, 0.3) is 5.65 Å². The molecule has 4 rings (SSSR count). The Morgan fingerprint density at radius 2 is 2.37 bits per heavy atom. The van der Waals surface area contributed by atoms with E-state index >= 15 is 0 Å². The van der Waals surface area contributed by atoms with Gasteiger partial charge >= 0.3 is 5.65 Å². The van der Waals surface area contributed by atoms with E-state index in [1.807, 2.05) is 42.2 Å². The van der Waals surface area contributed by atoms with Crippen LogP contribution in [-0.2, 0) is 16.6 Å². The Hall–Kier alpha value is -2.30. The molecule has 0 bridgehead atoms. The number of carbonyl (C=O) groups is 2. The van der Waals surface area contributed by atoms with Crippen molar-refractivity contribution in [3.8, 4) is 0 Å². The summed E-state index contributed by atoms with van der Waals surface area (Å²) in [7, 11) is 1.96. The summed E-state index contributed by atoms with van der Waals surface area (Å²) >= 11 is 3.01. The summed E-state index contributed by atoms with van der Waals surface area (Å²) < 4.78 is 3.78. The Bertz CT molecular complexity index is 1000. The first kappa shape index (κ1) is 18.1. The highest BCUT2D eigenvalue weighted by atomic mass is 32.2. The van der Waals surface area contributed by atoms with Gasteiger partial charge in [0.25, 0.3) is 0 Å². The molecule has 0 radical (unpaired) electrons. The molecule has 1 fully saturated rings. The summed E-state index contributed by atoms with van der Waals surface area (Å²) in [6.45, 7) is 0. The van der Waals surface area contributed by atoms with Crippen LogP contribution < -0.4 is 15.4 Å². The predicted molar refractivity (Wildman–Crippen MR) is 99.3 cm³/mol. The fourth-order valence-corrected chi connectivity index (χ4v) is 5.04. The average molecular weight is 403 g/mol. The first-order chi connectivity index (χ1) is 13.0. The zero-order valence-electron chi connectivity index (χ0n) is 14.4. The van der Waals surface area contributed by atoms with E-state index in [1.54, 1.807) is 10.6 Å². The summed E-state index contributed by atoms with van der Waals surface area (Å²) in [6, 6.07) is 3.30. The Morgan fingerprint density at radius 3 is 3.15 bits per heavy atom. The van der Waals surface area contributed by atoms with E-state index in [0.29, 0.717) is 17.1 Å². The number of rotatable bonds is 5. The number of carboxylic acid groups (broad SMARTS) is 1. The van der Waals surface area contributed by atoms with Gasteiger partial charge < -0.3 is 15.6 Å². The van der Waals surface area contributed by atoms with Crippen molar-refractivity contribution in [2.24, 2.45) is 12.8 Å². The Labute approximate surface area is 163 Å². The minimum Gasteiger partial charge on any atom is -0.543 e. The SMILES string of the molecule is C[n+]1ccn2nc(SC/C=C/C3=C(C(=O)[O-])N4C(=O)[C@@H](N)[C@H]4SC3)ccc21. The van der Waals surface area contributed by atoms with Crippen LogP contribution >= 0.6 is 23.5 Å². The number of nitrogens with zero attached hydrogens (tertiary/aromatic N) is 4. The first-order valence-corrected chi connectivity index (χ1v) is 10.3. The molecule has 1 amide bonds. The number of thioether (sulfide) groups is 2. The van der Waals surface area contributed by atoms with E-state index < -0.39 is 12.0 Å². The number of aliphatic carboxylic acids is 1. The summed E-state index contributed by atoms with van der Waals surface area (Å²) in [5.41, 5.74) is 7.23. The zero-order chi connectivity index (χ0) is 19.1. The molecule has 27 heavy (non-hydrogen) atoms. The van der Waals surface area contributed by atoms with Crippen molar-refractivity contribution in [1.29, 1.82) is 0 Å². The van der Waals surface area contributed by atoms with Gasteiger partial charge in [0.15, 0.2) is 6.20 Å². The molecule has 0 aliphatic carbocycles. The molecular formula is C17H17N5O3S2. The van der Waals surface area contributed by atoms with Gasteiger partial charge in [-0.15, -0.1) is 16.3 Å². The standard InChI is InChI=1S/C17H17N5O3S2/c1-20-6-7-21-12(20)5-4-11(19-21)26-8-2-3-10-9-27-16-13(18)15(23)22(16)14(10)17(24)25/h2-7,13,16H,8-9,18H2,1H3/b3-2+/t13-,16-/m1/s1. The lowest BCUT2D eigenvalue weighted by molar-refractivity contribution is -0.644. The van der Waals surface area contributed by atoms with Gasteiger partial charge in [-0.05, 0) is 11.6 Å². The number of hydrogen-bond donors (Lipinski definition) is 1.